The Morgan fingerprint density at radius 3 is 2.46 bits per heavy atom. The van der Waals surface area contributed by atoms with Gasteiger partial charge in [-0.05, 0) is 12.3 Å². The van der Waals surface area contributed by atoms with E-state index in [2.05, 4.69) is 26.1 Å². The van der Waals surface area contributed by atoms with Gasteiger partial charge in [0.1, 0.15) is 0 Å². The van der Waals surface area contributed by atoms with Crippen molar-refractivity contribution >= 4 is 23.1 Å². The molecule has 0 unspecified atom stereocenters. The van der Waals surface area contributed by atoms with Gasteiger partial charge >= 0.3 is 0 Å². The molecule has 0 fully saturated rings. The van der Waals surface area contributed by atoms with Crippen molar-refractivity contribution in [1.82, 2.24) is 4.90 Å². The van der Waals surface area contributed by atoms with Gasteiger partial charge in [0.25, 0.3) is 0 Å². The van der Waals surface area contributed by atoms with Gasteiger partial charge in [0, 0.05) is 13.6 Å². The molecule has 76 valence electrons. The summed E-state index contributed by atoms with van der Waals surface area (Å²) in [6.07, 6.45) is 1.20. The van der Waals surface area contributed by atoms with Gasteiger partial charge in [0.2, 0.25) is 5.91 Å². The Labute approximate surface area is 85.3 Å². The number of hydrogen-bond donors (Lipinski definition) is 1. The fourth-order valence-electron chi connectivity index (χ4n) is 0.861. The minimum Gasteiger partial charge on any atom is -0.393 e. The summed E-state index contributed by atoms with van der Waals surface area (Å²) in [5.74, 6) is 0.619. The van der Waals surface area contributed by atoms with Gasteiger partial charge in [-0.1, -0.05) is 26.1 Å². The van der Waals surface area contributed by atoms with Crippen LogP contribution in [0.25, 0.3) is 0 Å². The highest BCUT2D eigenvalue weighted by Gasteiger charge is 2.09. The summed E-state index contributed by atoms with van der Waals surface area (Å²) in [6, 6.07) is 0. The van der Waals surface area contributed by atoms with Crippen molar-refractivity contribution in [2.24, 2.45) is 11.7 Å². The summed E-state index contributed by atoms with van der Waals surface area (Å²) >= 11 is 4.66. The van der Waals surface area contributed by atoms with Crippen molar-refractivity contribution < 1.29 is 4.79 Å². The average molecular weight is 202 g/mol. The van der Waals surface area contributed by atoms with E-state index in [1.165, 1.54) is 0 Å². The van der Waals surface area contributed by atoms with Crippen LogP contribution in [0.15, 0.2) is 0 Å². The fraction of sp³-hybridized carbons (Fsp3) is 0.778. The molecule has 0 heterocycles. The van der Waals surface area contributed by atoms with Crippen LogP contribution in [0.5, 0.6) is 0 Å². The zero-order chi connectivity index (χ0) is 10.4. The second-order valence-corrected chi connectivity index (χ2v) is 4.17. The Bertz CT molecular complexity index is 192. The highest BCUT2D eigenvalue weighted by atomic mass is 32.1. The highest BCUT2D eigenvalue weighted by molar-refractivity contribution is 7.80. The normalized spacial score (nSPS) is 10.2. The smallest absolute Gasteiger partial charge is 0.229 e. The molecule has 0 spiro atoms. The molecular weight excluding hydrogens is 184 g/mol. The lowest BCUT2D eigenvalue weighted by atomic mass is 10.1. The van der Waals surface area contributed by atoms with Crippen molar-refractivity contribution in [2.75, 3.05) is 13.6 Å². The van der Waals surface area contributed by atoms with Crippen LogP contribution in [0.3, 0.4) is 0 Å². The van der Waals surface area contributed by atoms with Crippen LogP contribution in [0.4, 0.5) is 0 Å². The van der Waals surface area contributed by atoms with Gasteiger partial charge < -0.3 is 10.6 Å². The quantitative estimate of drug-likeness (QED) is 0.681. The zero-order valence-corrected chi connectivity index (χ0v) is 9.36. The topological polar surface area (TPSA) is 46.3 Å². The van der Waals surface area contributed by atoms with Gasteiger partial charge in [-0.2, -0.15) is 0 Å². The van der Waals surface area contributed by atoms with Crippen LogP contribution in [0.2, 0.25) is 0 Å². The van der Waals surface area contributed by atoms with Crippen molar-refractivity contribution in [2.45, 2.75) is 26.7 Å². The number of carbonyl (C=O) groups is 1. The third-order valence-corrected chi connectivity index (χ3v) is 1.94. The molecule has 0 saturated carbocycles. The first kappa shape index (κ1) is 12.4. The molecule has 0 bridgehead atoms. The van der Waals surface area contributed by atoms with Gasteiger partial charge in [0.15, 0.2) is 0 Å². The molecule has 0 aliphatic carbocycles. The van der Waals surface area contributed by atoms with E-state index in [1.54, 1.807) is 11.9 Å². The highest BCUT2D eigenvalue weighted by Crippen LogP contribution is 2.01. The summed E-state index contributed by atoms with van der Waals surface area (Å²) in [7, 11) is 1.78. The molecule has 3 nitrogen and oxygen atoms in total. The second kappa shape index (κ2) is 5.91. The molecule has 2 N–H and O–H groups in total. The standard InChI is InChI=1S/C9H18N2OS/c1-7(2)4-5-11(3)9(12)6-8(10)13/h7H,4-6H2,1-3H3,(H2,10,13). The third kappa shape index (κ3) is 6.51. The number of hydrogen-bond acceptors (Lipinski definition) is 2. The minimum absolute atomic E-state index is 0.00755. The second-order valence-electron chi connectivity index (χ2n) is 3.64. The first-order valence-corrected chi connectivity index (χ1v) is 4.86. The third-order valence-electron chi connectivity index (χ3n) is 1.79. The maximum Gasteiger partial charge on any atom is 0.229 e. The largest absolute Gasteiger partial charge is 0.393 e. The van der Waals surface area contributed by atoms with Gasteiger partial charge in [-0.25, -0.2) is 0 Å². The number of amides is 1. The first-order chi connectivity index (χ1) is 5.93. The van der Waals surface area contributed by atoms with E-state index in [9.17, 15) is 4.79 Å². The Hall–Kier alpha value is -0.640. The number of nitrogens with two attached hydrogens (primary N) is 1. The lowest BCUT2D eigenvalue weighted by Gasteiger charge is -2.17. The SMILES string of the molecule is CC(C)CCN(C)C(=O)CC(N)=S. The summed E-state index contributed by atoms with van der Waals surface area (Å²) < 4.78 is 0. The molecule has 4 heteroatoms. The minimum atomic E-state index is 0.00755. The Morgan fingerprint density at radius 1 is 1.54 bits per heavy atom. The predicted octanol–water partition coefficient (Wildman–Crippen LogP) is 1.17. The van der Waals surface area contributed by atoms with Crippen LogP contribution in [-0.4, -0.2) is 29.4 Å². The molecule has 0 aromatic heterocycles. The van der Waals surface area contributed by atoms with Crippen LogP contribution in [-0.2, 0) is 4.79 Å². The molecule has 0 aliphatic rings. The summed E-state index contributed by atoms with van der Waals surface area (Å²) in [6.45, 7) is 5.04. The maximum absolute atomic E-state index is 11.3. The lowest BCUT2D eigenvalue weighted by Crippen LogP contribution is -2.31. The summed E-state index contributed by atoms with van der Waals surface area (Å²) in [5, 5.41) is 0. The average Bonchev–Trinajstić information content (AvgIpc) is 1.98. The van der Waals surface area contributed by atoms with Crippen molar-refractivity contribution in [3.63, 3.8) is 0 Å². The number of nitrogens with zero attached hydrogens (tertiary/aromatic N) is 1. The Morgan fingerprint density at radius 2 is 2.08 bits per heavy atom. The molecule has 0 aromatic rings. The monoisotopic (exact) mass is 202 g/mol. The van der Waals surface area contributed by atoms with E-state index in [0.29, 0.717) is 5.92 Å². The van der Waals surface area contributed by atoms with Gasteiger partial charge in [-0.15, -0.1) is 0 Å². The fourth-order valence-corrected chi connectivity index (χ4v) is 0.984. The molecular formula is C9H18N2OS. The molecule has 0 atom stereocenters. The Balaban J connectivity index is 3.76. The number of rotatable bonds is 5. The van der Waals surface area contributed by atoms with Crippen LogP contribution in [0.1, 0.15) is 26.7 Å². The predicted molar refractivity (Wildman–Crippen MR) is 58.5 cm³/mol. The molecule has 0 aliphatic heterocycles. The van der Waals surface area contributed by atoms with E-state index in [1.807, 2.05) is 0 Å². The van der Waals surface area contributed by atoms with Gasteiger partial charge in [-0.3, -0.25) is 4.79 Å². The van der Waals surface area contributed by atoms with Crippen LogP contribution >= 0.6 is 12.2 Å². The van der Waals surface area contributed by atoms with E-state index in [-0.39, 0.29) is 17.3 Å². The molecule has 0 radical (unpaired) electrons. The van der Waals surface area contributed by atoms with E-state index in [4.69, 9.17) is 5.73 Å². The molecule has 0 aromatic carbocycles. The number of carbonyl (C=O) groups excluding carboxylic acids is 1. The van der Waals surface area contributed by atoms with E-state index >= 15 is 0 Å². The maximum atomic E-state index is 11.3. The zero-order valence-electron chi connectivity index (χ0n) is 8.54. The summed E-state index contributed by atoms with van der Waals surface area (Å²) in [4.78, 5) is 13.3. The molecule has 1 amide bonds. The van der Waals surface area contributed by atoms with Gasteiger partial charge in [0.05, 0.1) is 11.4 Å². The Kier molecular flexibility index (Phi) is 5.62. The molecule has 13 heavy (non-hydrogen) atoms. The van der Waals surface area contributed by atoms with Crippen molar-refractivity contribution in [3.8, 4) is 0 Å². The van der Waals surface area contributed by atoms with E-state index in [0.717, 1.165) is 13.0 Å². The van der Waals surface area contributed by atoms with Crippen LogP contribution in [0, 0.1) is 5.92 Å². The number of thiocarbonyl (C=S) groups is 1. The van der Waals surface area contributed by atoms with E-state index < -0.39 is 0 Å². The van der Waals surface area contributed by atoms with Crippen LogP contribution < -0.4 is 5.73 Å². The molecule has 0 saturated heterocycles. The van der Waals surface area contributed by atoms with Crippen molar-refractivity contribution in [3.05, 3.63) is 0 Å². The van der Waals surface area contributed by atoms with Crippen molar-refractivity contribution in [1.29, 1.82) is 0 Å². The first-order valence-electron chi connectivity index (χ1n) is 4.45. The summed E-state index contributed by atoms with van der Waals surface area (Å²) in [5.41, 5.74) is 5.27. The lowest BCUT2D eigenvalue weighted by molar-refractivity contribution is -0.128. The molecule has 0 rings (SSSR count).